The molecule has 0 saturated carbocycles. The summed E-state index contributed by atoms with van der Waals surface area (Å²) in [6.07, 6.45) is -4.44. The lowest BCUT2D eigenvalue weighted by Crippen LogP contribution is -2.43. The molecule has 5 heterocycles. The monoisotopic (exact) mass is 584 g/mol. The van der Waals surface area contributed by atoms with Crippen LogP contribution in [0.3, 0.4) is 0 Å². The molecule has 14 heteroatoms. The Labute approximate surface area is 231 Å². The molecule has 0 bridgehead atoms. The molecule has 1 aromatic carbocycles. The average molecular weight is 585 g/mol. The Morgan fingerprint density at radius 3 is 2.75 bits per heavy atom. The number of halogens is 6. The summed E-state index contributed by atoms with van der Waals surface area (Å²) in [7, 11) is 1.72. The van der Waals surface area contributed by atoms with Gasteiger partial charge in [-0.25, -0.2) is 13.8 Å². The molecule has 1 unspecified atom stereocenters. The molecule has 2 N–H and O–H groups in total. The second kappa shape index (κ2) is 9.44. The van der Waals surface area contributed by atoms with Crippen LogP contribution in [0.25, 0.3) is 22.2 Å². The van der Waals surface area contributed by atoms with E-state index in [4.69, 9.17) is 26.8 Å². The largest absolute Gasteiger partial charge is 0.472 e. The van der Waals surface area contributed by atoms with Crippen molar-refractivity contribution in [3.8, 4) is 23.1 Å². The summed E-state index contributed by atoms with van der Waals surface area (Å²) in [6, 6.07) is 1.72. The van der Waals surface area contributed by atoms with Crippen molar-refractivity contribution in [2.24, 2.45) is 0 Å². The van der Waals surface area contributed by atoms with Crippen LogP contribution in [-0.4, -0.2) is 71.0 Å². The maximum Gasteiger partial charge on any atom is 0.418 e. The lowest BCUT2D eigenvalue weighted by atomic mass is 9.95. The second-order valence-electron chi connectivity index (χ2n) is 10.7. The van der Waals surface area contributed by atoms with Gasteiger partial charge in [-0.3, -0.25) is 4.90 Å². The number of hydrogen-bond donors (Lipinski definition) is 1. The minimum Gasteiger partial charge on any atom is -0.472 e. The van der Waals surface area contributed by atoms with Gasteiger partial charge in [-0.15, -0.1) is 0 Å². The Balaban J connectivity index is 1.53. The van der Waals surface area contributed by atoms with Crippen molar-refractivity contribution >= 4 is 34.0 Å². The number of pyridine rings is 1. The number of rotatable bonds is 4. The summed E-state index contributed by atoms with van der Waals surface area (Å²) in [4.78, 5) is 16.7. The van der Waals surface area contributed by atoms with Crippen molar-refractivity contribution < 1.29 is 31.4 Å². The van der Waals surface area contributed by atoms with Crippen LogP contribution in [0, 0.1) is 5.82 Å². The van der Waals surface area contributed by atoms with Crippen LogP contribution in [0.1, 0.15) is 31.7 Å². The van der Waals surface area contributed by atoms with E-state index in [1.54, 1.807) is 18.9 Å². The third kappa shape index (κ3) is 4.43. The summed E-state index contributed by atoms with van der Waals surface area (Å²) in [5.41, 5.74) is 2.25. The predicted octanol–water partition coefficient (Wildman–Crippen LogP) is 5.26. The van der Waals surface area contributed by atoms with Gasteiger partial charge in [0.25, 0.3) is 0 Å². The van der Waals surface area contributed by atoms with Gasteiger partial charge in [-0.2, -0.15) is 23.1 Å². The molecule has 8 nitrogen and oxygen atoms in total. The van der Waals surface area contributed by atoms with Gasteiger partial charge in [0.1, 0.15) is 41.3 Å². The van der Waals surface area contributed by atoms with Crippen LogP contribution in [0.2, 0.25) is 5.02 Å². The molecule has 3 aliphatic rings. The fraction of sp³-hybridized carbons (Fsp3) is 0.500. The van der Waals surface area contributed by atoms with Crippen LogP contribution in [-0.2, 0) is 6.18 Å². The first-order valence-corrected chi connectivity index (χ1v) is 13.2. The van der Waals surface area contributed by atoms with Crippen molar-refractivity contribution in [1.29, 1.82) is 0 Å². The zero-order valence-corrected chi connectivity index (χ0v) is 22.4. The number of nitrogen functional groups attached to an aromatic ring is 1. The Hall–Kier alpha value is -3.19. The Kier molecular flexibility index (Phi) is 6.37. The SMILES string of the molecule is CC1CN(C)c2nc(OC[C@@]34CCCN3C[C@H](F)C4)nc3c(F)c(-c4cc(N)cc(Cl)c4C(F)(F)F)nc(c23)O1. The topological polar surface area (TPSA) is 89.6 Å². The molecule has 0 aliphatic carbocycles. The molecule has 214 valence electrons. The number of aromatic nitrogens is 3. The lowest BCUT2D eigenvalue weighted by Gasteiger charge is -2.31. The van der Waals surface area contributed by atoms with Crippen molar-refractivity contribution in [3.63, 3.8) is 0 Å². The Bertz CT molecular complexity index is 1510. The van der Waals surface area contributed by atoms with Gasteiger partial charge in [0, 0.05) is 31.3 Å². The van der Waals surface area contributed by atoms with Crippen LogP contribution in [0.15, 0.2) is 12.1 Å². The van der Waals surface area contributed by atoms with E-state index in [9.17, 15) is 17.6 Å². The molecule has 2 aromatic heterocycles. The number of nitrogens with two attached hydrogens (primary N) is 1. The van der Waals surface area contributed by atoms with Gasteiger partial charge in [0.2, 0.25) is 5.88 Å². The van der Waals surface area contributed by atoms with E-state index in [1.165, 1.54) is 0 Å². The molecular weight excluding hydrogens is 559 g/mol. The minimum atomic E-state index is -4.93. The molecule has 0 amide bonds. The first-order valence-electron chi connectivity index (χ1n) is 12.8. The summed E-state index contributed by atoms with van der Waals surface area (Å²) >= 11 is 5.94. The molecule has 3 aromatic rings. The van der Waals surface area contributed by atoms with Gasteiger partial charge >= 0.3 is 12.2 Å². The first-order chi connectivity index (χ1) is 18.9. The van der Waals surface area contributed by atoms with Crippen molar-refractivity contribution in [2.75, 3.05) is 43.9 Å². The van der Waals surface area contributed by atoms with E-state index in [1.807, 2.05) is 0 Å². The number of nitrogens with zero attached hydrogens (tertiary/aromatic N) is 5. The summed E-state index contributed by atoms with van der Waals surface area (Å²) in [6.45, 7) is 3.22. The van der Waals surface area contributed by atoms with Crippen LogP contribution < -0.4 is 20.1 Å². The van der Waals surface area contributed by atoms with E-state index in [-0.39, 0.29) is 40.9 Å². The molecule has 40 heavy (non-hydrogen) atoms. The number of benzene rings is 1. The first kappa shape index (κ1) is 27.0. The highest BCUT2D eigenvalue weighted by Crippen LogP contribution is 2.46. The molecule has 3 aliphatic heterocycles. The molecule has 6 rings (SSSR count). The summed E-state index contributed by atoms with van der Waals surface area (Å²) in [5.74, 6) is -1.03. The number of fused-ring (bicyclic) bond motifs is 1. The predicted molar refractivity (Wildman–Crippen MR) is 139 cm³/mol. The molecule has 2 saturated heterocycles. The van der Waals surface area contributed by atoms with Gasteiger partial charge in [-0.1, -0.05) is 11.6 Å². The van der Waals surface area contributed by atoms with E-state index in [2.05, 4.69) is 19.9 Å². The van der Waals surface area contributed by atoms with Crippen molar-refractivity contribution in [2.45, 2.75) is 50.2 Å². The summed E-state index contributed by atoms with van der Waals surface area (Å²) < 4.78 is 84.6. The van der Waals surface area contributed by atoms with Gasteiger partial charge in [-0.05, 0) is 38.4 Å². The molecule has 0 radical (unpaired) electrons. The fourth-order valence-corrected chi connectivity index (χ4v) is 6.49. The fourth-order valence-electron chi connectivity index (χ4n) is 6.16. The van der Waals surface area contributed by atoms with E-state index in [0.29, 0.717) is 19.5 Å². The summed E-state index contributed by atoms with van der Waals surface area (Å²) in [5, 5.41) is -0.603. The van der Waals surface area contributed by atoms with Crippen LogP contribution >= 0.6 is 11.6 Å². The molecule has 3 atom stereocenters. The Morgan fingerprint density at radius 1 is 1.23 bits per heavy atom. The Morgan fingerprint density at radius 2 is 2.00 bits per heavy atom. The average Bonchev–Trinajstić information content (AvgIpc) is 3.34. The van der Waals surface area contributed by atoms with Crippen LogP contribution in [0.5, 0.6) is 11.9 Å². The highest BCUT2D eigenvalue weighted by Gasteiger charge is 2.49. The lowest BCUT2D eigenvalue weighted by molar-refractivity contribution is -0.137. The van der Waals surface area contributed by atoms with Crippen molar-refractivity contribution in [3.05, 3.63) is 28.5 Å². The number of ether oxygens (including phenoxy) is 2. The number of alkyl halides is 4. The van der Waals surface area contributed by atoms with Gasteiger partial charge < -0.3 is 20.1 Å². The number of hydrogen-bond acceptors (Lipinski definition) is 8. The van der Waals surface area contributed by atoms with E-state index in [0.717, 1.165) is 31.5 Å². The maximum absolute atomic E-state index is 16.3. The third-order valence-corrected chi connectivity index (χ3v) is 8.10. The van der Waals surface area contributed by atoms with E-state index >= 15 is 4.39 Å². The van der Waals surface area contributed by atoms with Gasteiger partial charge in [0.15, 0.2) is 5.82 Å². The third-order valence-electron chi connectivity index (χ3n) is 7.80. The molecule has 0 spiro atoms. The highest BCUT2D eigenvalue weighted by atomic mass is 35.5. The van der Waals surface area contributed by atoms with Crippen LogP contribution in [0.4, 0.5) is 33.5 Å². The normalized spacial score (nSPS) is 24.8. The minimum absolute atomic E-state index is 0.0877. The van der Waals surface area contributed by atoms with Gasteiger partial charge in [0.05, 0.1) is 22.7 Å². The van der Waals surface area contributed by atoms with Crippen molar-refractivity contribution in [1.82, 2.24) is 19.9 Å². The van der Waals surface area contributed by atoms with E-state index < -0.39 is 51.7 Å². The number of likely N-dealkylation sites (N-methyl/N-ethyl adjacent to an activating group) is 1. The zero-order valence-electron chi connectivity index (χ0n) is 21.7. The molecular formula is C26H26ClF5N6O2. The second-order valence-corrected chi connectivity index (χ2v) is 11.1. The zero-order chi connectivity index (χ0) is 28.6. The standard InChI is InChI=1S/C26H26ClF5N6O2/c1-12-9-37(2)22-17-21(35-24(36-22)39-11-25-4-3-5-38(25)10-13(28)8-25)19(29)20(34-23(17)40-12)15-6-14(33)7-16(27)18(15)26(30,31)32/h6-7,12-13H,3-5,8-11,33H2,1-2H3/t12?,13-,25+/m1/s1. The quantitative estimate of drug-likeness (QED) is 0.328. The smallest absolute Gasteiger partial charge is 0.418 e. The highest BCUT2D eigenvalue weighted by molar-refractivity contribution is 6.32. The number of anilines is 2. The molecule has 2 fully saturated rings. The maximum atomic E-state index is 16.3.